The molecule has 15 nitrogen and oxygen atoms in total. The lowest BCUT2D eigenvalue weighted by Gasteiger charge is -2.34. The maximum Gasteiger partial charge on any atom is 0.330 e. The van der Waals surface area contributed by atoms with Crippen molar-refractivity contribution in [3.63, 3.8) is 0 Å². The zero-order valence-electron chi connectivity index (χ0n) is 26.2. The highest BCUT2D eigenvalue weighted by atomic mass is 16.6. The van der Waals surface area contributed by atoms with Crippen molar-refractivity contribution in [1.29, 1.82) is 0 Å². The summed E-state index contributed by atoms with van der Waals surface area (Å²) < 4.78 is 31.1. The van der Waals surface area contributed by atoms with Gasteiger partial charge in [-0.2, -0.15) is 0 Å². The average molecular weight is 659 g/mol. The second-order valence-electron chi connectivity index (χ2n) is 10.0. The Kier molecular flexibility index (Phi) is 23.1. The number of carbonyl (C=O) groups excluding carboxylic acids is 5. The summed E-state index contributed by atoms with van der Waals surface area (Å²) in [6.07, 6.45) is 5.09. The van der Waals surface area contributed by atoms with Crippen molar-refractivity contribution in [2.45, 2.75) is 13.3 Å². The molecule has 0 atom stereocenters. The summed E-state index contributed by atoms with van der Waals surface area (Å²) in [5.41, 5.74) is -3.54. The molecule has 0 fully saturated rings. The fourth-order valence-electron chi connectivity index (χ4n) is 2.90. The number of aliphatic hydroxyl groups excluding tert-OH is 4. The molecule has 0 aromatic heterocycles. The van der Waals surface area contributed by atoms with E-state index in [0.717, 1.165) is 30.4 Å². The molecule has 0 aliphatic carbocycles. The molecule has 0 bridgehead atoms. The first kappa shape index (κ1) is 44.0. The molecule has 4 N–H and O–H groups in total. The topological polar surface area (TPSA) is 222 Å². The zero-order chi connectivity index (χ0) is 35.7. The van der Waals surface area contributed by atoms with Crippen molar-refractivity contribution in [1.82, 2.24) is 0 Å². The highest BCUT2D eigenvalue weighted by Crippen LogP contribution is 2.25. The minimum Gasteiger partial charge on any atom is -0.462 e. The maximum absolute atomic E-state index is 11.7. The van der Waals surface area contributed by atoms with E-state index in [-0.39, 0.29) is 33.0 Å². The van der Waals surface area contributed by atoms with E-state index in [1.54, 1.807) is 0 Å². The lowest BCUT2D eigenvalue weighted by Crippen LogP contribution is -2.46. The SMILES string of the molecule is C=CC(=O)OCC(CO)(COCC(COC(=O)C=C)(COC(=O)C=C)COC(=O)C=C)COC(=O)C=C.CCC(CO)(CO)CO. The van der Waals surface area contributed by atoms with Gasteiger partial charge in [-0.25, -0.2) is 24.0 Å². The minimum atomic E-state index is -1.44. The van der Waals surface area contributed by atoms with E-state index in [1.807, 2.05) is 6.92 Å². The van der Waals surface area contributed by atoms with Gasteiger partial charge in [-0.3, -0.25) is 0 Å². The normalized spacial score (nSPS) is 11.0. The van der Waals surface area contributed by atoms with Gasteiger partial charge in [0.05, 0.1) is 50.5 Å². The Labute approximate surface area is 268 Å². The Bertz CT molecular complexity index is 928. The number of ether oxygens (including phenoxy) is 6. The van der Waals surface area contributed by atoms with Crippen LogP contribution in [0.1, 0.15) is 13.3 Å². The first-order chi connectivity index (χ1) is 21.8. The van der Waals surface area contributed by atoms with Crippen LogP contribution in [0.3, 0.4) is 0 Å². The highest BCUT2D eigenvalue weighted by molar-refractivity contribution is 5.82. The van der Waals surface area contributed by atoms with Crippen molar-refractivity contribution in [3.8, 4) is 0 Å². The first-order valence-corrected chi connectivity index (χ1v) is 13.8. The molecule has 0 heterocycles. The van der Waals surface area contributed by atoms with Crippen molar-refractivity contribution < 1.29 is 72.8 Å². The van der Waals surface area contributed by atoms with E-state index >= 15 is 0 Å². The summed E-state index contributed by atoms with van der Waals surface area (Å²) in [5, 5.41) is 36.0. The molecule has 0 spiro atoms. The van der Waals surface area contributed by atoms with Gasteiger partial charge in [0.25, 0.3) is 0 Å². The van der Waals surface area contributed by atoms with Gasteiger partial charge in [0.2, 0.25) is 0 Å². The number of rotatable bonds is 24. The van der Waals surface area contributed by atoms with E-state index in [2.05, 4.69) is 32.9 Å². The first-order valence-electron chi connectivity index (χ1n) is 13.8. The number of carbonyl (C=O) groups is 5. The largest absolute Gasteiger partial charge is 0.462 e. The second kappa shape index (κ2) is 24.1. The summed E-state index contributed by atoms with van der Waals surface area (Å²) in [6, 6.07) is 0. The van der Waals surface area contributed by atoms with Gasteiger partial charge < -0.3 is 48.8 Å². The standard InChI is InChI=1S/C25H32O12.C6H14O3/c1-6-19(27)33-14-24(11-26,15-34-20(28)7-2)12-32-13-25(16-35-21(29)8-3,17-36-22(30)9-4)18-37-23(31)10-5;1-2-6(3-7,4-8)5-9/h6-10,26H,1-5,11-18H2;7-9H,2-5H2,1H3. The summed E-state index contributed by atoms with van der Waals surface area (Å²) >= 11 is 0. The Balaban J connectivity index is 0. The van der Waals surface area contributed by atoms with Gasteiger partial charge in [0.15, 0.2) is 0 Å². The van der Waals surface area contributed by atoms with E-state index < -0.39 is 85.7 Å². The molecular formula is C31H46O15. The van der Waals surface area contributed by atoms with E-state index in [9.17, 15) is 29.1 Å². The lowest BCUT2D eigenvalue weighted by molar-refractivity contribution is -0.166. The number of aliphatic hydroxyl groups is 4. The van der Waals surface area contributed by atoms with Crippen LogP contribution in [0.4, 0.5) is 0 Å². The van der Waals surface area contributed by atoms with Crippen molar-refractivity contribution in [2.24, 2.45) is 16.2 Å². The van der Waals surface area contributed by atoms with E-state index in [0.29, 0.717) is 6.42 Å². The fraction of sp³-hybridized carbons (Fsp3) is 0.516. The second-order valence-corrected chi connectivity index (χ2v) is 10.0. The predicted molar refractivity (Wildman–Crippen MR) is 163 cm³/mol. The molecule has 260 valence electrons. The number of esters is 5. The summed E-state index contributed by atoms with van der Waals surface area (Å²) in [6.45, 7) is 14.2. The smallest absolute Gasteiger partial charge is 0.330 e. The van der Waals surface area contributed by atoms with E-state index in [1.165, 1.54) is 0 Å². The molecule has 0 radical (unpaired) electrons. The minimum absolute atomic E-state index is 0.156. The highest BCUT2D eigenvalue weighted by Gasteiger charge is 2.39. The Hall–Kier alpha value is -4.15. The van der Waals surface area contributed by atoms with Gasteiger partial charge in [-0.1, -0.05) is 39.8 Å². The molecule has 0 saturated carbocycles. The third-order valence-corrected chi connectivity index (χ3v) is 6.34. The maximum atomic E-state index is 11.7. The van der Waals surface area contributed by atoms with Crippen molar-refractivity contribution in [2.75, 3.05) is 72.7 Å². The lowest BCUT2D eigenvalue weighted by atomic mass is 9.88. The van der Waals surface area contributed by atoms with Crippen LogP contribution in [0, 0.1) is 16.2 Å². The molecule has 0 aliphatic heterocycles. The number of hydrogen-bond acceptors (Lipinski definition) is 15. The van der Waals surface area contributed by atoms with Crippen LogP contribution in [0.5, 0.6) is 0 Å². The van der Waals surface area contributed by atoms with Crippen molar-refractivity contribution in [3.05, 3.63) is 63.3 Å². The third-order valence-electron chi connectivity index (χ3n) is 6.34. The van der Waals surface area contributed by atoms with Crippen LogP contribution < -0.4 is 0 Å². The quantitative estimate of drug-likeness (QED) is 0.0608. The van der Waals surface area contributed by atoms with Gasteiger partial charge in [0, 0.05) is 35.8 Å². The Morgan fingerprint density at radius 3 is 0.891 bits per heavy atom. The van der Waals surface area contributed by atoms with Crippen LogP contribution >= 0.6 is 0 Å². The van der Waals surface area contributed by atoms with Crippen LogP contribution in [0.2, 0.25) is 0 Å². The van der Waals surface area contributed by atoms with Crippen LogP contribution in [-0.4, -0.2) is 123 Å². The zero-order valence-corrected chi connectivity index (χ0v) is 26.2. The van der Waals surface area contributed by atoms with Crippen LogP contribution in [-0.2, 0) is 52.4 Å². The molecular weight excluding hydrogens is 612 g/mol. The van der Waals surface area contributed by atoms with E-state index in [4.69, 9.17) is 43.7 Å². The molecule has 46 heavy (non-hydrogen) atoms. The van der Waals surface area contributed by atoms with Crippen molar-refractivity contribution >= 4 is 29.8 Å². The molecule has 0 aliphatic rings. The molecule has 0 aromatic carbocycles. The molecule has 0 saturated heterocycles. The Morgan fingerprint density at radius 1 is 0.457 bits per heavy atom. The summed E-state index contributed by atoms with van der Waals surface area (Å²) in [5.74, 6) is -4.04. The van der Waals surface area contributed by atoms with Crippen LogP contribution in [0.25, 0.3) is 0 Å². The Morgan fingerprint density at radius 2 is 0.696 bits per heavy atom. The molecule has 0 unspecified atom stereocenters. The molecule has 0 aromatic rings. The van der Waals surface area contributed by atoms with Gasteiger partial charge in [-0.05, 0) is 6.42 Å². The molecule has 0 rings (SSSR count). The third kappa shape index (κ3) is 17.4. The average Bonchev–Trinajstić information content (AvgIpc) is 3.10. The summed E-state index contributed by atoms with van der Waals surface area (Å²) in [4.78, 5) is 58.3. The van der Waals surface area contributed by atoms with Gasteiger partial charge in [0.1, 0.15) is 33.0 Å². The molecule has 15 heteroatoms. The summed E-state index contributed by atoms with van der Waals surface area (Å²) in [7, 11) is 0. The number of hydrogen-bond donors (Lipinski definition) is 4. The van der Waals surface area contributed by atoms with Gasteiger partial charge >= 0.3 is 29.8 Å². The fourth-order valence-corrected chi connectivity index (χ4v) is 2.90. The monoisotopic (exact) mass is 658 g/mol. The predicted octanol–water partition coefficient (Wildman–Crippen LogP) is -0.0262. The van der Waals surface area contributed by atoms with Gasteiger partial charge in [-0.15, -0.1) is 0 Å². The molecule has 0 amide bonds. The van der Waals surface area contributed by atoms with Crippen LogP contribution in [0.15, 0.2) is 63.3 Å².